The summed E-state index contributed by atoms with van der Waals surface area (Å²) < 4.78 is 0. The maximum absolute atomic E-state index is 4.80. The van der Waals surface area contributed by atoms with Gasteiger partial charge in [0.25, 0.3) is 0 Å². The van der Waals surface area contributed by atoms with Gasteiger partial charge in [0.2, 0.25) is 0 Å². The highest BCUT2D eigenvalue weighted by atomic mass is 32.1. The minimum absolute atomic E-state index is 0.851. The molecule has 0 aromatic carbocycles. The zero-order valence-corrected chi connectivity index (χ0v) is 14.0. The first-order valence-corrected chi connectivity index (χ1v) is 9.05. The van der Waals surface area contributed by atoms with Gasteiger partial charge in [-0.05, 0) is 30.4 Å². The van der Waals surface area contributed by atoms with Crippen molar-refractivity contribution in [1.29, 1.82) is 0 Å². The third-order valence-electron chi connectivity index (χ3n) is 3.98. The minimum Gasteiger partial charge on any atom is -0.292 e. The molecule has 6 heteroatoms. The van der Waals surface area contributed by atoms with Crippen LogP contribution in [0.3, 0.4) is 0 Å². The molecule has 0 aliphatic carbocycles. The Morgan fingerprint density at radius 1 is 1.27 bits per heavy atom. The molecule has 1 aliphatic heterocycles. The molecule has 4 rings (SSSR count). The highest BCUT2D eigenvalue weighted by molar-refractivity contribution is 7.13. The van der Waals surface area contributed by atoms with Crippen molar-refractivity contribution in [2.45, 2.75) is 26.4 Å². The number of aromatic nitrogens is 3. The summed E-state index contributed by atoms with van der Waals surface area (Å²) in [4.78, 5) is 18.6. The molecule has 0 unspecified atom stereocenters. The van der Waals surface area contributed by atoms with E-state index in [1.54, 1.807) is 22.7 Å². The molecule has 112 valence electrons. The smallest absolute Gasteiger partial charge is 0.169 e. The molecule has 0 bridgehead atoms. The van der Waals surface area contributed by atoms with E-state index in [9.17, 15) is 0 Å². The number of rotatable bonds is 3. The second kappa shape index (κ2) is 5.87. The summed E-state index contributed by atoms with van der Waals surface area (Å²) in [6.07, 6.45) is 3.03. The van der Waals surface area contributed by atoms with Crippen LogP contribution in [0.25, 0.3) is 10.7 Å². The zero-order valence-electron chi connectivity index (χ0n) is 12.3. The molecule has 0 fully saturated rings. The van der Waals surface area contributed by atoms with Crippen molar-refractivity contribution in [3.05, 3.63) is 51.0 Å². The molecule has 0 atom stereocenters. The van der Waals surface area contributed by atoms with Crippen LogP contribution in [0.2, 0.25) is 0 Å². The van der Waals surface area contributed by atoms with Crippen molar-refractivity contribution in [1.82, 2.24) is 19.9 Å². The highest BCUT2D eigenvalue weighted by Crippen LogP contribution is 2.25. The molecule has 0 saturated heterocycles. The van der Waals surface area contributed by atoms with Crippen LogP contribution in [0.4, 0.5) is 0 Å². The number of thiazole rings is 1. The predicted molar refractivity (Wildman–Crippen MR) is 90.0 cm³/mol. The Hall–Kier alpha value is -1.63. The van der Waals surface area contributed by atoms with Crippen molar-refractivity contribution >= 4 is 22.7 Å². The van der Waals surface area contributed by atoms with Crippen molar-refractivity contribution in [2.24, 2.45) is 0 Å². The van der Waals surface area contributed by atoms with Crippen molar-refractivity contribution in [3.8, 4) is 10.7 Å². The first-order chi connectivity index (χ1) is 10.8. The van der Waals surface area contributed by atoms with Crippen molar-refractivity contribution in [3.63, 3.8) is 0 Å². The Bertz CT molecular complexity index is 779. The fourth-order valence-electron chi connectivity index (χ4n) is 2.70. The molecule has 4 nitrogen and oxygen atoms in total. The van der Waals surface area contributed by atoms with Crippen LogP contribution in [0.5, 0.6) is 0 Å². The third-order valence-corrected chi connectivity index (χ3v) is 5.76. The van der Waals surface area contributed by atoms with Crippen LogP contribution in [-0.4, -0.2) is 26.4 Å². The van der Waals surface area contributed by atoms with Crippen LogP contribution in [-0.2, 0) is 19.5 Å². The topological polar surface area (TPSA) is 41.9 Å². The predicted octanol–water partition coefficient (Wildman–Crippen LogP) is 3.53. The molecule has 3 aromatic heterocycles. The summed E-state index contributed by atoms with van der Waals surface area (Å²) in [6, 6.07) is 4.12. The van der Waals surface area contributed by atoms with E-state index < -0.39 is 0 Å². The average Bonchev–Trinajstić information content (AvgIpc) is 3.19. The number of aryl methyl sites for hydroxylation is 1. The van der Waals surface area contributed by atoms with Gasteiger partial charge in [0.05, 0.1) is 21.8 Å². The van der Waals surface area contributed by atoms with Gasteiger partial charge in [0, 0.05) is 30.7 Å². The lowest BCUT2D eigenvalue weighted by molar-refractivity contribution is 0.243. The fourth-order valence-corrected chi connectivity index (χ4v) is 4.18. The number of thiophene rings is 1. The summed E-state index contributed by atoms with van der Waals surface area (Å²) >= 11 is 3.43. The third kappa shape index (κ3) is 2.69. The molecular formula is C16H16N4S2. The number of nitrogens with zero attached hydrogens (tertiary/aromatic N) is 4. The standard InChI is InChI=1S/C16H16N4S2/c1-11-15(22-10-18-11)9-20-5-4-12-7-17-16(19-13(12)8-20)14-3-2-6-21-14/h2-3,6-7,10H,4-5,8-9H2,1H3. The molecule has 0 saturated carbocycles. The van der Waals surface area contributed by atoms with E-state index in [4.69, 9.17) is 4.98 Å². The molecular weight excluding hydrogens is 312 g/mol. The van der Waals surface area contributed by atoms with Crippen LogP contribution in [0.1, 0.15) is 21.8 Å². The number of fused-ring (bicyclic) bond motifs is 1. The van der Waals surface area contributed by atoms with Crippen LogP contribution in [0, 0.1) is 6.92 Å². The summed E-state index contributed by atoms with van der Waals surface area (Å²) in [7, 11) is 0. The quantitative estimate of drug-likeness (QED) is 0.737. The van der Waals surface area contributed by atoms with Gasteiger partial charge in [-0.3, -0.25) is 4.90 Å². The molecule has 0 spiro atoms. The average molecular weight is 328 g/mol. The van der Waals surface area contributed by atoms with Crippen LogP contribution in [0.15, 0.2) is 29.2 Å². The van der Waals surface area contributed by atoms with E-state index in [1.807, 2.05) is 17.8 Å². The Morgan fingerprint density at radius 3 is 3.00 bits per heavy atom. The van der Waals surface area contributed by atoms with Gasteiger partial charge in [-0.2, -0.15) is 0 Å². The van der Waals surface area contributed by atoms with Gasteiger partial charge >= 0.3 is 0 Å². The Labute approximate surface area is 137 Å². The van der Waals surface area contributed by atoms with Gasteiger partial charge in [0.15, 0.2) is 5.82 Å². The Balaban J connectivity index is 1.57. The van der Waals surface area contributed by atoms with Gasteiger partial charge < -0.3 is 0 Å². The van der Waals surface area contributed by atoms with E-state index in [1.165, 1.54) is 16.1 Å². The van der Waals surface area contributed by atoms with Gasteiger partial charge in [-0.25, -0.2) is 15.0 Å². The monoisotopic (exact) mass is 328 g/mol. The fraction of sp³-hybridized carbons (Fsp3) is 0.312. The first kappa shape index (κ1) is 14.0. The normalized spacial score (nSPS) is 15.0. The minimum atomic E-state index is 0.851. The summed E-state index contributed by atoms with van der Waals surface area (Å²) in [5.41, 5.74) is 5.54. The summed E-state index contributed by atoms with van der Waals surface area (Å²) in [6.45, 7) is 5.01. The lowest BCUT2D eigenvalue weighted by Crippen LogP contribution is -2.31. The summed E-state index contributed by atoms with van der Waals surface area (Å²) in [5.74, 6) is 0.851. The molecule has 22 heavy (non-hydrogen) atoms. The lowest BCUT2D eigenvalue weighted by Gasteiger charge is -2.27. The van der Waals surface area contributed by atoms with Gasteiger partial charge in [-0.1, -0.05) is 6.07 Å². The van der Waals surface area contributed by atoms with E-state index in [0.29, 0.717) is 0 Å². The molecule has 3 aromatic rings. The maximum atomic E-state index is 4.80. The highest BCUT2D eigenvalue weighted by Gasteiger charge is 2.20. The van der Waals surface area contributed by atoms with E-state index in [0.717, 1.165) is 42.5 Å². The molecule has 4 heterocycles. The molecule has 0 N–H and O–H groups in total. The first-order valence-electron chi connectivity index (χ1n) is 7.29. The maximum Gasteiger partial charge on any atom is 0.169 e. The van der Waals surface area contributed by atoms with Crippen molar-refractivity contribution < 1.29 is 0 Å². The Kier molecular flexibility index (Phi) is 3.73. The van der Waals surface area contributed by atoms with Crippen LogP contribution < -0.4 is 0 Å². The number of hydrogen-bond acceptors (Lipinski definition) is 6. The molecule has 0 radical (unpaired) electrons. The SMILES string of the molecule is Cc1ncsc1CN1CCc2cnc(-c3cccs3)nc2C1. The van der Waals surface area contributed by atoms with E-state index in [-0.39, 0.29) is 0 Å². The van der Waals surface area contributed by atoms with Gasteiger partial charge in [0.1, 0.15) is 0 Å². The summed E-state index contributed by atoms with van der Waals surface area (Å²) in [5, 5.41) is 2.07. The second-order valence-corrected chi connectivity index (χ2v) is 7.35. The van der Waals surface area contributed by atoms with Crippen LogP contribution >= 0.6 is 22.7 Å². The molecule has 1 aliphatic rings. The van der Waals surface area contributed by atoms with Gasteiger partial charge in [-0.15, -0.1) is 22.7 Å². The second-order valence-electron chi connectivity index (χ2n) is 5.46. The largest absolute Gasteiger partial charge is 0.292 e. The van der Waals surface area contributed by atoms with Crippen molar-refractivity contribution in [2.75, 3.05) is 6.54 Å². The Morgan fingerprint density at radius 2 is 2.23 bits per heavy atom. The lowest BCUT2D eigenvalue weighted by atomic mass is 10.1. The number of hydrogen-bond donors (Lipinski definition) is 0. The van der Waals surface area contributed by atoms with E-state index in [2.05, 4.69) is 33.2 Å². The van der Waals surface area contributed by atoms with E-state index >= 15 is 0 Å². The zero-order chi connectivity index (χ0) is 14.9. The molecule has 0 amide bonds.